The van der Waals surface area contributed by atoms with Gasteiger partial charge in [0, 0.05) is 25.5 Å². The van der Waals surface area contributed by atoms with Crippen LogP contribution in [0.3, 0.4) is 0 Å². The molecule has 0 aliphatic rings. The van der Waals surface area contributed by atoms with E-state index in [9.17, 15) is 48.9 Å². The number of carboxylic acid groups (broad SMARTS) is 3. The number of aliphatic carboxylic acids is 3. The number of phenols is 1. The molecule has 1 rings (SSSR count). The maximum Gasteiger partial charge on any atom is 0.326 e. The highest BCUT2D eigenvalue weighted by Gasteiger charge is 2.36. The Kier molecular flexibility index (Phi) is 14.8. The number of hydrogen-bond donors (Lipinski definition) is 9. The lowest BCUT2D eigenvalue weighted by Gasteiger charge is -2.34. The first-order valence-electron chi connectivity index (χ1n) is 12.6. The molecule has 0 spiro atoms. The number of hydrogen-bond acceptors (Lipinski definition) is 10. The molecule has 232 valence electrons. The summed E-state index contributed by atoms with van der Waals surface area (Å²) in [6, 6.07) is -0.0681. The Hall–Kier alpha value is -4.38. The summed E-state index contributed by atoms with van der Waals surface area (Å²) in [6.45, 7) is 0.523. The molecule has 42 heavy (non-hydrogen) atoms. The monoisotopic (exact) mass is 613 g/mol. The van der Waals surface area contributed by atoms with Crippen molar-refractivity contribution in [1.82, 2.24) is 20.9 Å². The zero-order valence-electron chi connectivity index (χ0n) is 22.7. The Morgan fingerprint density at radius 3 is 1.88 bits per heavy atom. The molecule has 9 N–H and O–H groups in total. The van der Waals surface area contributed by atoms with Gasteiger partial charge in [0.05, 0.1) is 12.7 Å². The summed E-state index contributed by atoms with van der Waals surface area (Å²) >= 11 is 4.08. The lowest BCUT2D eigenvalue weighted by Crippen LogP contribution is -2.61. The molecule has 16 nitrogen and oxygen atoms in total. The zero-order chi connectivity index (χ0) is 32.0. The Morgan fingerprint density at radius 2 is 1.40 bits per heavy atom. The molecule has 0 radical (unpaired) electrons. The van der Waals surface area contributed by atoms with E-state index in [1.807, 2.05) is 0 Å². The van der Waals surface area contributed by atoms with E-state index in [1.165, 1.54) is 24.3 Å². The summed E-state index contributed by atoms with van der Waals surface area (Å²) in [7, 11) is 0. The standard InChI is InChI=1S/C25H35N5O11S/c1-13(31)27-12-30(19(11-42)23(38)29-18(25(40)41)7-9-21(35)36)24(39)17(6-8-20(33)34)28-22(37)16(26)10-14-2-4-15(32)5-3-14/h2-5,16-19,32,42H,6-12,26H2,1H3,(H,27,31)(H,28,37)(H,29,38)(H,33,34)(H,35,36)(H,40,41)/t16-,17-,18-,19-/m0/s1. The van der Waals surface area contributed by atoms with Crippen LogP contribution in [0.4, 0.5) is 0 Å². The fourth-order valence-corrected chi connectivity index (χ4v) is 4.00. The van der Waals surface area contributed by atoms with Gasteiger partial charge in [-0.25, -0.2) is 4.79 Å². The van der Waals surface area contributed by atoms with E-state index in [0.717, 1.165) is 11.8 Å². The highest BCUT2D eigenvalue weighted by atomic mass is 32.1. The number of carboxylic acids is 3. The Balaban J connectivity index is 3.26. The van der Waals surface area contributed by atoms with Crippen LogP contribution in [0.25, 0.3) is 0 Å². The third kappa shape index (κ3) is 12.4. The molecule has 1 aromatic carbocycles. The fraction of sp³-hybridized carbons (Fsp3) is 0.480. The fourth-order valence-electron chi connectivity index (χ4n) is 3.64. The SMILES string of the molecule is CC(=O)NCN(C(=O)[C@H](CCC(=O)O)NC(=O)[C@@H](N)Cc1ccc(O)cc1)[C@@H](CS)C(=O)N[C@@H](CCC(=O)O)C(=O)O. The van der Waals surface area contributed by atoms with Gasteiger partial charge in [0.1, 0.15) is 23.9 Å². The van der Waals surface area contributed by atoms with Crippen LogP contribution in [-0.4, -0.2) is 103 Å². The molecule has 0 aromatic heterocycles. The average Bonchev–Trinajstić information content (AvgIpc) is 2.91. The minimum absolute atomic E-state index is 0.00382. The lowest BCUT2D eigenvalue weighted by molar-refractivity contribution is -0.146. The molecular weight excluding hydrogens is 578 g/mol. The minimum Gasteiger partial charge on any atom is -0.508 e. The van der Waals surface area contributed by atoms with E-state index < -0.39 is 104 Å². The molecule has 1 aromatic rings. The van der Waals surface area contributed by atoms with Crippen molar-refractivity contribution in [3.05, 3.63) is 29.8 Å². The second-order valence-corrected chi connectivity index (χ2v) is 9.57. The molecule has 0 aliphatic carbocycles. The highest BCUT2D eigenvalue weighted by Crippen LogP contribution is 2.13. The van der Waals surface area contributed by atoms with Crippen molar-refractivity contribution < 1.29 is 54.0 Å². The summed E-state index contributed by atoms with van der Waals surface area (Å²) in [5, 5.41) is 43.7. The van der Waals surface area contributed by atoms with Gasteiger partial charge in [-0.15, -0.1) is 0 Å². The van der Waals surface area contributed by atoms with Gasteiger partial charge in [-0.3, -0.25) is 28.8 Å². The van der Waals surface area contributed by atoms with Gasteiger partial charge in [-0.2, -0.15) is 12.6 Å². The van der Waals surface area contributed by atoms with Crippen molar-refractivity contribution in [3.8, 4) is 5.75 Å². The molecule has 0 aliphatic heterocycles. The highest BCUT2D eigenvalue weighted by molar-refractivity contribution is 7.80. The number of phenolic OH excluding ortho intramolecular Hbond substituents is 1. The first-order valence-corrected chi connectivity index (χ1v) is 13.3. The summed E-state index contributed by atoms with van der Waals surface area (Å²) in [4.78, 5) is 85.8. The third-order valence-corrected chi connectivity index (χ3v) is 6.23. The van der Waals surface area contributed by atoms with Crippen LogP contribution >= 0.6 is 12.6 Å². The van der Waals surface area contributed by atoms with Gasteiger partial charge in [0.15, 0.2) is 0 Å². The summed E-state index contributed by atoms with van der Waals surface area (Å²) in [5.74, 6) is -8.03. The molecule has 0 heterocycles. The van der Waals surface area contributed by atoms with Crippen molar-refractivity contribution in [2.24, 2.45) is 5.73 Å². The van der Waals surface area contributed by atoms with Crippen LogP contribution in [0, 0.1) is 0 Å². The minimum atomic E-state index is -1.63. The van der Waals surface area contributed by atoms with E-state index in [2.05, 4.69) is 28.6 Å². The van der Waals surface area contributed by atoms with Crippen molar-refractivity contribution in [2.45, 2.75) is 63.2 Å². The maximum atomic E-state index is 13.7. The molecule has 0 bridgehead atoms. The van der Waals surface area contributed by atoms with Gasteiger partial charge in [-0.1, -0.05) is 12.1 Å². The predicted molar refractivity (Wildman–Crippen MR) is 148 cm³/mol. The van der Waals surface area contributed by atoms with Crippen LogP contribution in [0.2, 0.25) is 0 Å². The summed E-state index contributed by atoms with van der Waals surface area (Å²) < 4.78 is 0. The number of aromatic hydroxyl groups is 1. The summed E-state index contributed by atoms with van der Waals surface area (Å²) in [6.07, 6.45) is -2.06. The van der Waals surface area contributed by atoms with Gasteiger partial charge >= 0.3 is 17.9 Å². The summed E-state index contributed by atoms with van der Waals surface area (Å²) in [5.41, 5.74) is 6.57. The number of amides is 4. The number of rotatable bonds is 18. The second kappa shape index (κ2) is 17.4. The van der Waals surface area contributed by atoms with Crippen molar-refractivity contribution >= 4 is 54.2 Å². The Bertz CT molecular complexity index is 1150. The van der Waals surface area contributed by atoms with E-state index >= 15 is 0 Å². The van der Waals surface area contributed by atoms with Gasteiger partial charge in [-0.05, 0) is 37.0 Å². The smallest absolute Gasteiger partial charge is 0.326 e. The molecule has 4 atom stereocenters. The molecule has 0 fully saturated rings. The number of nitrogens with two attached hydrogens (primary N) is 1. The van der Waals surface area contributed by atoms with Gasteiger partial charge in [0.2, 0.25) is 23.6 Å². The number of nitrogens with zero attached hydrogens (tertiary/aromatic N) is 1. The largest absolute Gasteiger partial charge is 0.508 e. The molecule has 0 saturated carbocycles. The van der Waals surface area contributed by atoms with Crippen molar-refractivity contribution in [1.29, 1.82) is 0 Å². The van der Waals surface area contributed by atoms with Gasteiger partial charge in [0.25, 0.3) is 0 Å². The van der Waals surface area contributed by atoms with E-state index in [4.69, 9.17) is 10.8 Å². The van der Waals surface area contributed by atoms with Gasteiger partial charge < -0.3 is 47.0 Å². The first-order chi connectivity index (χ1) is 19.7. The van der Waals surface area contributed by atoms with E-state index in [-0.39, 0.29) is 12.2 Å². The number of nitrogens with one attached hydrogen (secondary N) is 3. The average molecular weight is 614 g/mol. The van der Waals surface area contributed by atoms with Crippen LogP contribution in [-0.2, 0) is 40.0 Å². The normalized spacial score (nSPS) is 13.5. The Morgan fingerprint density at radius 1 is 0.881 bits per heavy atom. The van der Waals surface area contributed by atoms with Crippen LogP contribution in [0.1, 0.15) is 38.2 Å². The zero-order valence-corrected chi connectivity index (χ0v) is 23.6. The maximum absolute atomic E-state index is 13.7. The molecule has 4 amide bonds. The van der Waals surface area contributed by atoms with Crippen molar-refractivity contribution in [2.75, 3.05) is 12.4 Å². The Labute approximate surface area is 246 Å². The third-order valence-electron chi connectivity index (χ3n) is 5.88. The number of carbonyl (C=O) groups excluding carboxylic acids is 4. The topological polar surface area (TPSA) is 266 Å². The molecule has 0 saturated heterocycles. The molecule has 0 unspecified atom stereocenters. The second-order valence-electron chi connectivity index (χ2n) is 9.20. The predicted octanol–water partition coefficient (Wildman–Crippen LogP) is -1.73. The molecule has 17 heteroatoms. The van der Waals surface area contributed by atoms with E-state index in [0.29, 0.717) is 5.56 Å². The van der Waals surface area contributed by atoms with Crippen LogP contribution in [0.15, 0.2) is 24.3 Å². The quantitative estimate of drug-likeness (QED) is 0.0660. The van der Waals surface area contributed by atoms with Crippen LogP contribution in [0.5, 0.6) is 5.75 Å². The lowest BCUT2D eigenvalue weighted by atomic mass is 10.0. The van der Waals surface area contributed by atoms with Crippen LogP contribution < -0.4 is 21.7 Å². The number of benzene rings is 1. The number of carbonyl (C=O) groups is 7. The van der Waals surface area contributed by atoms with Crippen molar-refractivity contribution in [3.63, 3.8) is 0 Å². The molecular formula is C25H35N5O11S. The van der Waals surface area contributed by atoms with E-state index in [1.54, 1.807) is 0 Å². The first kappa shape index (κ1) is 35.6. The number of thiol groups is 1.